The number of rotatable bonds is 3. The van der Waals surface area contributed by atoms with Crippen molar-refractivity contribution in [3.8, 4) is 11.3 Å². The molecule has 7 heteroatoms. The maximum Gasteiger partial charge on any atom is 0.328 e. The highest BCUT2D eigenvalue weighted by atomic mass is 19.1. The molecule has 0 aliphatic heterocycles. The molecule has 4 N–H and O–H groups in total. The van der Waals surface area contributed by atoms with E-state index in [9.17, 15) is 13.6 Å². The summed E-state index contributed by atoms with van der Waals surface area (Å²) in [5.74, 6) is -2.54. The molecule has 0 aliphatic rings. The van der Waals surface area contributed by atoms with Crippen LogP contribution in [0.25, 0.3) is 11.3 Å². The molecule has 1 aromatic heterocycles. The van der Waals surface area contributed by atoms with Gasteiger partial charge < -0.3 is 15.8 Å². The van der Waals surface area contributed by atoms with Gasteiger partial charge in [-0.15, -0.1) is 0 Å². The first-order valence-corrected chi connectivity index (χ1v) is 4.97. The number of carbonyl (C=O) groups is 1. The first kappa shape index (κ1) is 12.2. The zero-order chi connectivity index (χ0) is 13.3. The second kappa shape index (κ2) is 4.53. The third-order valence-corrected chi connectivity index (χ3v) is 2.37. The average molecular weight is 253 g/mol. The van der Waals surface area contributed by atoms with Gasteiger partial charge in [-0.2, -0.15) is 0 Å². The third-order valence-electron chi connectivity index (χ3n) is 2.37. The molecule has 2 rings (SSSR count). The topological polar surface area (TPSA) is 92.0 Å². The van der Waals surface area contributed by atoms with E-state index in [-0.39, 0.29) is 17.1 Å². The summed E-state index contributed by atoms with van der Waals surface area (Å²) in [5.41, 5.74) is 5.47. The molecule has 0 amide bonds. The largest absolute Gasteiger partial charge is 0.480 e. The van der Waals surface area contributed by atoms with Crippen LogP contribution in [0.2, 0.25) is 0 Å². The van der Waals surface area contributed by atoms with Crippen LogP contribution in [-0.4, -0.2) is 21.0 Å². The first-order chi connectivity index (χ1) is 8.49. The molecule has 1 unspecified atom stereocenters. The maximum atomic E-state index is 13.5. The van der Waals surface area contributed by atoms with Crippen molar-refractivity contribution in [3.63, 3.8) is 0 Å². The molecule has 1 atom stereocenters. The minimum absolute atomic E-state index is 0.0267. The van der Waals surface area contributed by atoms with Crippen LogP contribution < -0.4 is 5.73 Å². The van der Waals surface area contributed by atoms with Gasteiger partial charge in [0.2, 0.25) is 0 Å². The summed E-state index contributed by atoms with van der Waals surface area (Å²) in [6.07, 6.45) is 1.20. The summed E-state index contributed by atoms with van der Waals surface area (Å²) < 4.78 is 26.5. The molecule has 18 heavy (non-hydrogen) atoms. The molecule has 94 valence electrons. The molecular formula is C11H9F2N3O2. The van der Waals surface area contributed by atoms with Gasteiger partial charge >= 0.3 is 5.97 Å². The summed E-state index contributed by atoms with van der Waals surface area (Å²) in [6, 6.07) is 1.61. The van der Waals surface area contributed by atoms with Gasteiger partial charge in [-0.05, 0) is 18.2 Å². The number of carboxylic acids is 1. The summed E-state index contributed by atoms with van der Waals surface area (Å²) in [7, 11) is 0. The number of nitrogens with zero attached hydrogens (tertiary/aromatic N) is 1. The lowest BCUT2D eigenvalue weighted by atomic mass is 10.1. The quantitative estimate of drug-likeness (QED) is 0.771. The molecule has 0 saturated carbocycles. The predicted octanol–water partition coefficient (Wildman–Crippen LogP) is 1.44. The number of imidazole rings is 1. The molecule has 2 aromatic rings. The number of nitrogens with one attached hydrogen (secondary N) is 1. The molecule has 0 saturated heterocycles. The van der Waals surface area contributed by atoms with Crippen molar-refractivity contribution in [3.05, 3.63) is 41.9 Å². The summed E-state index contributed by atoms with van der Waals surface area (Å²) in [4.78, 5) is 16.9. The zero-order valence-electron chi connectivity index (χ0n) is 9.02. The van der Waals surface area contributed by atoms with Crippen LogP contribution in [0.3, 0.4) is 0 Å². The molecule has 1 heterocycles. The van der Waals surface area contributed by atoms with Crippen molar-refractivity contribution in [2.45, 2.75) is 6.04 Å². The summed E-state index contributed by atoms with van der Waals surface area (Å²) in [6.45, 7) is 0. The summed E-state index contributed by atoms with van der Waals surface area (Å²) >= 11 is 0. The van der Waals surface area contributed by atoms with Crippen molar-refractivity contribution in [2.24, 2.45) is 5.73 Å². The number of nitrogens with two attached hydrogens (primary N) is 1. The Hall–Kier alpha value is -2.28. The van der Waals surface area contributed by atoms with E-state index >= 15 is 0 Å². The van der Waals surface area contributed by atoms with E-state index in [0.29, 0.717) is 0 Å². The van der Waals surface area contributed by atoms with Crippen LogP contribution in [0.4, 0.5) is 8.78 Å². The lowest BCUT2D eigenvalue weighted by molar-refractivity contribution is -0.138. The van der Waals surface area contributed by atoms with Crippen molar-refractivity contribution >= 4 is 5.97 Å². The second-order valence-electron chi connectivity index (χ2n) is 3.62. The SMILES string of the molecule is NC(C(=O)O)c1ncc(-c2cc(F)ccc2F)[nH]1. The number of aromatic nitrogens is 2. The maximum absolute atomic E-state index is 13.5. The first-order valence-electron chi connectivity index (χ1n) is 4.97. The van der Waals surface area contributed by atoms with Crippen molar-refractivity contribution in [1.82, 2.24) is 9.97 Å². The Kier molecular flexibility index (Phi) is 3.07. The van der Waals surface area contributed by atoms with Gasteiger partial charge in [-0.1, -0.05) is 0 Å². The van der Waals surface area contributed by atoms with Crippen molar-refractivity contribution in [2.75, 3.05) is 0 Å². The Balaban J connectivity index is 2.41. The Bertz CT molecular complexity index is 598. The smallest absolute Gasteiger partial charge is 0.328 e. The molecule has 0 radical (unpaired) electrons. The van der Waals surface area contributed by atoms with E-state index in [2.05, 4.69) is 9.97 Å². The standard InChI is InChI=1S/C11H9F2N3O2/c12-5-1-2-7(13)6(3-5)8-4-15-10(16-8)9(14)11(17)18/h1-4,9H,14H2,(H,15,16)(H,17,18). The molecular weight excluding hydrogens is 244 g/mol. The Morgan fingerprint density at radius 1 is 1.44 bits per heavy atom. The number of hydrogen-bond acceptors (Lipinski definition) is 3. The van der Waals surface area contributed by atoms with Gasteiger partial charge in [0.1, 0.15) is 17.5 Å². The Labute approximate surface area is 100 Å². The summed E-state index contributed by atoms with van der Waals surface area (Å²) in [5, 5.41) is 8.69. The predicted molar refractivity (Wildman–Crippen MR) is 58.5 cm³/mol. The molecule has 1 aromatic carbocycles. The fourth-order valence-electron chi connectivity index (χ4n) is 1.45. The second-order valence-corrected chi connectivity index (χ2v) is 3.62. The van der Waals surface area contributed by atoms with Gasteiger partial charge in [0.05, 0.1) is 11.9 Å². The highest BCUT2D eigenvalue weighted by molar-refractivity contribution is 5.74. The van der Waals surface area contributed by atoms with E-state index in [1.165, 1.54) is 6.20 Å². The van der Waals surface area contributed by atoms with E-state index in [1.807, 2.05) is 0 Å². The zero-order valence-corrected chi connectivity index (χ0v) is 9.02. The number of aromatic amines is 1. The number of hydrogen-bond donors (Lipinski definition) is 3. The fourth-order valence-corrected chi connectivity index (χ4v) is 1.45. The highest BCUT2D eigenvalue weighted by Crippen LogP contribution is 2.22. The van der Waals surface area contributed by atoms with Crippen LogP contribution in [0, 0.1) is 11.6 Å². The number of aliphatic carboxylic acids is 1. The van der Waals surface area contributed by atoms with Gasteiger partial charge in [0.25, 0.3) is 0 Å². The number of H-pyrrole nitrogens is 1. The minimum atomic E-state index is -1.34. The lowest BCUT2D eigenvalue weighted by Crippen LogP contribution is -2.21. The van der Waals surface area contributed by atoms with Crippen LogP contribution in [0.1, 0.15) is 11.9 Å². The van der Waals surface area contributed by atoms with Gasteiger partial charge in [0.15, 0.2) is 6.04 Å². The van der Waals surface area contributed by atoms with E-state index in [4.69, 9.17) is 10.8 Å². The molecule has 0 aliphatic carbocycles. The van der Waals surface area contributed by atoms with E-state index < -0.39 is 23.6 Å². The molecule has 0 bridgehead atoms. The lowest BCUT2D eigenvalue weighted by Gasteiger charge is -2.02. The van der Waals surface area contributed by atoms with Crippen LogP contribution in [0.5, 0.6) is 0 Å². The van der Waals surface area contributed by atoms with Crippen molar-refractivity contribution in [1.29, 1.82) is 0 Å². The minimum Gasteiger partial charge on any atom is -0.480 e. The Morgan fingerprint density at radius 2 is 2.17 bits per heavy atom. The third kappa shape index (κ3) is 2.21. The van der Waals surface area contributed by atoms with Crippen molar-refractivity contribution < 1.29 is 18.7 Å². The fraction of sp³-hybridized carbons (Fsp3) is 0.0909. The number of benzene rings is 1. The van der Waals surface area contributed by atoms with Gasteiger partial charge in [-0.3, -0.25) is 4.79 Å². The molecule has 0 fully saturated rings. The Morgan fingerprint density at radius 3 is 2.83 bits per heavy atom. The monoisotopic (exact) mass is 253 g/mol. The van der Waals surface area contributed by atoms with Crippen LogP contribution in [0.15, 0.2) is 24.4 Å². The molecule has 0 spiro atoms. The van der Waals surface area contributed by atoms with E-state index in [1.54, 1.807) is 0 Å². The average Bonchev–Trinajstić information content (AvgIpc) is 2.80. The highest BCUT2D eigenvalue weighted by Gasteiger charge is 2.19. The van der Waals surface area contributed by atoms with Crippen LogP contribution >= 0.6 is 0 Å². The van der Waals surface area contributed by atoms with E-state index in [0.717, 1.165) is 18.2 Å². The normalized spacial score (nSPS) is 12.4. The number of halogens is 2. The van der Waals surface area contributed by atoms with Crippen LogP contribution in [-0.2, 0) is 4.79 Å². The van der Waals surface area contributed by atoms with Gasteiger partial charge in [-0.25, -0.2) is 13.8 Å². The number of carboxylic acid groups (broad SMARTS) is 1. The van der Waals surface area contributed by atoms with Gasteiger partial charge in [0, 0.05) is 5.56 Å². The molecule has 5 nitrogen and oxygen atoms in total.